The fraction of sp³-hybridized carbons (Fsp3) is 0.172. The van der Waals surface area contributed by atoms with Gasteiger partial charge in [-0.25, -0.2) is 13.2 Å². The highest BCUT2D eigenvalue weighted by molar-refractivity contribution is 5.63. The third-order valence-corrected chi connectivity index (χ3v) is 5.91. The minimum absolute atomic E-state index is 0.0330. The van der Waals surface area contributed by atoms with Gasteiger partial charge in [0.2, 0.25) is 0 Å². The minimum Gasteiger partial charge on any atom is -0.207 e. The van der Waals surface area contributed by atoms with E-state index in [1.165, 1.54) is 24.3 Å². The first-order chi connectivity index (χ1) is 15.5. The summed E-state index contributed by atoms with van der Waals surface area (Å²) >= 11 is 0. The lowest BCUT2D eigenvalue weighted by molar-refractivity contribution is 0.540. The normalized spacial score (nSPS) is 12.0. The van der Waals surface area contributed by atoms with Gasteiger partial charge in [0.15, 0.2) is 0 Å². The van der Waals surface area contributed by atoms with Crippen molar-refractivity contribution < 1.29 is 13.2 Å². The predicted octanol–water partition coefficient (Wildman–Crippen LogP) is 7.90. The third-order valence-electron chi connectivity index (χ3n) is 5.91. The second-order valence-electron chi connectivity index (χ2n) is 8.26. The van der Waals surface area contributed by atoms with Gasteiger partial charge in [-0.3, -0.25) is 0 Å². The Labute approximate surface area is 187 Å². The van der Waals surface area contributed by atoms with E-state index in [0.717, 1.165) is 22.3 Å². The molecule has 0 heterocycles. The summed E-state index contributed by atoms with van der Waals surface area (Å²) in [7, 11) is 0. The number of benzene rings is 4. The minimum atomic E-state index is -0.477. The van der Waals surface area contributed by atoms with Crippen LogP contribution in [0.4, 0.5) is 13.2 Å². The standard InChI is InChI=1S/C29H25F3/c1-20(23-5-3-2-4-6-23)17-27-28(31)18-22(19-29(27)32)8-7-21-9-11-24(12-10-21)25-13-15-26(30)16-14-25/h2-6,9-16,18-20H,7-8,17H2,1H3/t20-/m0/s1. The van der Waals surface area contributed by atoms with Gasteiger partial charge in [0, 0.05) is 5.56 Å². The molecule has 0 saturated carbocycles. The van der Waals surface area contributed by atoms with E-state index in [9.17, 15) is 13.2 Å². The molecule has 0 aliphatic rings. The van der Waals surface area contributed by atoms with Gasteiger partial charge in [0.25, 0.3) is 0 Å². The van der Waals surface area contributed by atoms with E-state index in [2.05, 4.69) is 0 Å². The van der Waals surface area contributed by atoms with Crippen molar-refractivity contribution in [1.29, 1.82) is 0 Å². The lowest BCUT2D eigenvalue weighted by Gasteiger charge is -2.14. The highest BCUT2D eigenvalue weighted by Crippen LogP contribution is 2.26. The van der Waals surface area contributed by atoms with Crippen LogP contribution in [0.1, 0.15) is 35.1 Å². The molecule has 1 atom stereocenters. The largest absolute Gasteiger partial charge is 0.207 e. The summed E-state index contributed by atoms with van der Waals surface area (Å²) in [5.41, 5.74) is 4.90. The van der Waals surface area contributed by atoms with Gasteiger partial charge in [0.05, 0.1) is 0 Å². The average molecular weight is 431 g/mol. The fourth-order valence-electron chi connectivity index (χ4n) is 4.00. The van der Waals surface area contributed by atoms with Gasteiger partial charge in [-0.2, -0.15) is 0 Å². The molecule has 0 unspecified atom stereocenters. The van der Waals surface area contributed by atoms with Gasteiger partial charge in [-0.05, 0) is 77.3 Å². The van der Waals surface area contributed by atoms with Gasteiger partial charge < -0.3 is 0 Å². The zero-order valence-electron chi connectivity index (χ0n) is 18.0. The van der Waals surface area contributed by atoms with Crippen LogP contribution < -0.4 is 0 Å². The first-order valence-electron chi connectivity index (χ1n) is 10.9. The Kier molecular flexibility index (Phi) is 6.75. The highest BCUT2D eigenvalue weighted by Gasteiger charge is 2.15. The van der Waals surface area contributed by atoms with Crippen LogP contribution in [0.15, 0.2) is 91.0 Å². The van der Waals surface area contributed by atoms with Crippen LogP contribution in [0.2, 0.25) is 0 Å². The van der Waals surface area contributed by atoms with Crippen molar-refractivity contribution in [3.8, 4) is 11.1 Å². The Morgan fingerprint density at radius 2 is 1.16 bits per heavy atom. The molecule has 162 valence electrons. The molecule has 0 spiro atoms. The first kappa shape index (κ1) is 21.9. The summed E-state index contributed by atoms with van der Waals surface area (Å²) in [6, 6.07) is 27.0. The molecule has 0 amide bonds. The predicted molar refractivity (Wildman–Crippen MR) is 124 cm³/mol. The van der Waals surface area contributed by atoms with Crippen LogP contribution in [0.25, 0.3) is 11.1 Å². The molecule has 4 rings (SSSR count). The zero-order chi connectivity index (χ0) is 22.5. The smallest absolute Gasteiger partial charge is 0.129 e. The fourth-order valence-corrected chi connectivity index (χ4v) is 4.00. The van der Waals surface area contributed by atoms with Crippen LogP contribution >= 0.6 is 0 Å². The second-order valence-corrected chi connectivity index (χ2v) is 8.26. The van der Waals surface area contributed by atoms with Crippen LogP contribution in [0.3, 0.4) is 0 Å². The molecule has 32 heavy (non-hydrogen) atoms. The molecule has 4 aromatic carbocycles. The lowest BCUT2D eigenvalue weighted by atomic mass is 9.92. The monoisotopic (exact) mass is 430 g/mol. The summed E-state index contributed by atoms with van der Waals surface area (Å²) in [5.74, 6) is -1.18. The van der Waals surface area contributed by atoms with E-state index in [1.807, 2.05) is 61.5 Å². The number of hydrogen-bond donors (Lipinski definition) is 0. The quantitative estimate of drug-likeness (QED) is 0.279. The van der Waals surface area contributed by atoms with Crippen molar-refractivity contribution in [2.75, 3.05) is 0 Å². The molecule has 0 nitrogen and oxygen atoms in total. The van der Waals surface area contributed by atoms with Crippen LogP contribution in [0, 0.1) is 17.5 Å². The number of aryl methyl sites for hydroxylation is 2. The molecular weight excluding hydrogens is 405 g/mol. The first-order valence-corrected chi connectivity index (χ1v) is 10.9. The van der Waals surface area contributed by atoms with Crippen molar-refractivity contribution in [1.82, 2.24) is 0 Å². The number of rotatable bonds is 7. The van der Waals surface area contributed by atoms with Crippen LogP contribution in [-0.4, -0.2) is 0 Å². The molecule has 4 aromatic rings. The summed E-state index contributed by atoms with van der Waals surface area (Å²) in [5, 5.41) is 0. The lowest BCUT2D eigenvalue weighted by Crippen LogP contribution is -2.05. The Morgan fingerprint density at radius 3 is 1.75 bits per heavy atom. The molecule has 0 bridgehead atoms. The average Bonchev–Trinajstić information content (AvgIpc) is 2.81. The van der Waals surface area contributed by atoms with Gasteiger partial charge in [-0.15, -0.1) is 0 Å². The van der Waals surface area contributed by atoms with E-state index in [0.29, 0.717) is 24.8 Å². The maximum absolute atomic E-state index is 14.7. The maximum atomic E-state index is 14.7. The van der Waals surface area contributed by atoms with E-state index in [-0.39, 0.29) is 17.3 Å². The summed E-state index contributed by atoms with van der Waals surface area (Å²) in [6.45, 7) is 1.98. The highest BCUT2D eigenvalue weighted by atomic mass is 19.1. The van der Waals surface area contributed by atoms with E-state index < -0.39 is 11.6 Å². The van der Waals surface area contributed by atoms with Crippen molar-refractivity contribution in [3.63, 3.8) is 0 Å². The van der Waals surface area contributed by atoms with Crippen LogP contribution in [-0.2, 0) is 19.3 Å². The zero-order valence-corrected chi connectivity index (χ0v) is 18.0. The van der Waals surface area contributed by atoms with Crippen molar-refractivity contribution >= 4 is 0 Å². The van der Waals surface area contributed by atoms with Gasteiger partial charge >= 0.3 is 0 Å². The maximum Gasteiger partial charge on any atom is 0.129 e. The third kappa shape index (κ3) is 5.28. The molecule has 0 aliphatic heterocycles. The van der Waals surface area contributed by atoms with E-state index >= 15 is 0 Å². The Hall–Kier alpha value is -3.33. The second kappa shape index (κ2) is 9.86. The topological polar surface area (TPSA) is 0 Å². The number of halogens is 3. The van der Waals surface area contributed by atoms with Crippen LogP contribution in [0.5, 0.6) is 0 Å². The summed E-state index contributed by atoms with van der Waals surface area (Å²) < 4.78 is 42.5. The molecule has 0 N–H and O–H groups in total. The molecule has 0 saturated heterocycles. The Balaban J connectivity index is 1.41. The molecule has 3 heteroatoms. The van der Waals surface area contributed by atoms with Gasteiger partial charge in [-0.1, -0.05) is 73.7 Å². The summed E-state index contributed by atoms with van der Waals surface area (Å²) in [4.78, 5) is 0. The van der Waals surface area contributed by atoms with Crippen molar-refractivity contribution in [3.05, 3.63) is 131 Å². The Bertz CT molecular complexity index is 1140. The number of hydrogen-bond acceptors (Lipinski definition) is 0. The summed E-state index contributed by atoms with van der Waals surface area (Å²) in [6.07, 6.45) is 1.56. The molecule has 0 aromatic heterocycles. The Morgan fingerprint density at radius 1 is 0.625 bits per heavy atom. The van der Waals surface area contributed by atoms with E-state index in [4.69, 9.17) is 0 Å². The molecule has 0 radical (unpaired) electrons. The van der Waals surface area contributed by atoms with Gasteiger partial charge in [0.1, 0.15) is 17.5 Å². The van der Waals surface area contributed by atoms with E-state index in [1.54, 1.807) is 12.1 Å². The van der Waals surface area contributed by atoms with Crippen molar-refractivity contribution in [2.24, 2.45) is 0 Å². The van der Waals surface area contributed by atoms with Crippen molar-refractivity contribution in [2.45, 2.75) is 32.1 Å². The molecule has 0 aliphatic carbocycles. The molecule has 0 fully saturated rings. The molecular formula is C29H25F3. The SMILES string of the molecule is C[C@@H](Cc1c(F)cc(CCc2ccc(-c3ccc(F)cc3)cc2)cc1F)c1ccccc1.